The molecule has 1 unspecified atom stereocenters. The SMILES string of the molecule is Cc1noc2nc(C3CC3)cc(C(=O)NC(C)c3nc(-c4ccncc4)cs3)c12. The summed E-state index contributed by atoms with van der Waals surface area (Å²) in [5.41, 5.74) is 4.45. The fraction of sp³-hybridized carbons (Fsp3) is 0.286. The molecule has 8 heteroatoms. The van der Waals surface area contributed by atoms with Gasteiger partial charge in [-0.05, 0) is 44.9 Å². The Morgan fingerprint density at radius 2 is 2.07 bits per heavy atom. The van der Waals surface area contributed by atoms with E-state index in [1.807, 2.05) is 37.4 Å². The number of pyridine rings is 2. The predicted molar refractivity (Wildman–Crippen MR) is 110 cm³/mol. The van der Waals surface area contributed by atoms with Crippen LogP contribution < -0.4 is 5.32 Å². The first kappa shape index (κ1) is 17.9. The summed E-state index contributed by atoms with van der Waals surface area (Å²) >= 11 is 1.53. The lowest BCUT2D eigenvalue weighted by atomic mass is 10.1. The van der Waals surface area contributed by atoms with Crippen LogP contribution in [0.4, 0.5) is 0 Å². The van der Waals surface area contributed by atoms with Crippen molar-refractivity contribution in [2.45, 2.75) is 38.6 Å². The van der Waals surface area contributed by atoms with Gasteiger partial charge in [-0.1, -0.05) is 5.16 Å². The molecule has 29 heavy (non-hydrogen) atoms. The standard InChI is InChI=1S/C21H19N5O2S/c1-11-18-15(9-16(13-3-4-13)24-20(18)28-26-11)19(27)23-12(2)21-25-17(10-29-21)14-5-7-22-8-6-14/h5-10,12-13H,3-4H2,1-2H3,(H,23,27). The molecule has 0 bridgehead atoms. The van der Waals surface area contributed by atoms with Crippen LogP contribution >= 0.6 is 11.3 Å². The molecule has 0 spiro atoms. The Labute approximate surface area is 171 Å². The highest BCUT2D eigenvalue weighted by Crippen LogP contribution is 2.40. The van der Waals surface area contributed by atoms with Crippen molar-refractivity contribution in [1.82, 2.24) is 25.4 Å². The molecule has 0 radical (unpaired) electrons. The lowest BCUT2D eigenvalue weighted by Crippen LogP contribution is -2.27. The Kier molecular flexibility index (Phi) is 4.35. The van der Waals surface area contributed by atoms with Gasteiger partial charge >= 0.3 is 0 Å². The molecule has 0 aromatic carbocycles. The summed E-state index contributed by atoms with van der Waals surface area (Å²) < 4.78 is 5.34. The number of carbonyl (C=O) groups is 1. The van der Waals surface area contributed by atoms with Crippen LogP contribution in [0.3, 0.4) is 0 Å². The molecule has 0 aliphatic heterocycles. The first-order chi connectivity index (χ1) is 14.1. The number of thiazole rings is 1. The normalized spacial score (nSPS) is 14.8. The molecule has 0 saturated heterocycles. The third kappa shape index (κ3) is 3.40. The Morgan fingerprint density at radius 1 is 1.28 bits per heavy atom. The highest BCUT2D eigenvalue weighted by atomic mass is 32.1. The third-order valence-electron chi connectivity index (χ3n) is 5.09. The largest absolute Gasteiger partial charge is 0.343 e. The van der Waals surface area contributed by atoms with E-state index in [4.69, 9.17) is 4.52 Å². The minimum absolute atomic E-state index is 0.168. The second-order valence-electron chi connectivity index (χ2n) is 7.32. The van der Waals surface area contributed by atoms with Gasteiger partial charge in [0, 0.05) is 34.9 Å². The van der Waals surface area contributed by atoms with Gasteiger partial charge in [0.25, 0.3) is 11.6 Å². The number of aryl methyl sites for hydroxylation is 1. The van der Waals surface area contributed by atoms with Gasteiger partial charge in [-0.2, -0.15) is 0 Å². The molecule has 5 rings (SSSR count). The summed E-state index contributed by atoms with van der Waals surface area (Å²) in [5.74, 6) is 0.245. The van der Waals surface area contributed by atoms with Gasteiger partial charge in [-0.25, -0.2) is 9.97 Å². The van der Waals surface area contributed by atoms with E-state index < -0.39 is 0 Å². The summed E-state index contributed by atoms with van der Waals surface area (Å²) in [6, 6.07) is 5.50. The maximum Gasteiger partial charge on any atom is 0.259 e. The fourth-order valence-electron chi connectivity index (χ4n) is 3.36. The van der Waals surface area contributed by atoms with Crippen molar-refractivity contribution in [3.63, 3.8) is 0 Å². The maximum atomic E-state index is 13.1. The number of fused-ring (bicyclic) bond motifs is 1. The van der Waals surface area contributed by atoms with Crippen LogP contribution in [-0.2, 0) is 0 Å². The number of hydrogen-bond donors (Lipinski definition) is 1. The van der Waals surface area contributed by atoms with Gasteiger partial charge in [-0.15, -0.1) is 11.3 Å². The zero-order valence-corrected chi connectivity index (χ0v) is 16.9. The second kappa shape index (κ2) is 7.04. The van der Waals surface area contributed by atoms with Crippen molar-refractivity contribution < 1.29 is 9.32 Å². The zero-order chi connectivity index (χ0) is 20.0. The maximum absolute atomic E-state index is 13.1. The van der Waals surface area contributed by atoms with Crippen LogP contribution in [-0.4, -0.2) is 26.0 Å². The number of aromatic nitrogens is 4. The van der Waals surface area contributed by atoms with Crippen molar-refractivity contribution >= 4 is 28.3 Å². The van der Waals surface area contributed by atoms with Crippen molar-refractivity contribution in [2.24, 2.45) is 0 Å². The molecule has 7 nitrogen and oxygen atoms in total. The van der Waals surface area contributed by atoms with E-state index in [0.717, 1.165) is 34.8 Å². The molecular weight excluding hydrogens is 386 g/mol. The van der Waals surface area contributed by atoms with E-state index in [2.05, 4.69) is 25.4 Å². The Bertz CT molecular complexity index is 1200. The molecule has 1 aliphatic rings. The van der Waals surface area contributed by atoms with E-state index >= 15 is 0 Å². The van der Waals surface area contributed by atoms with Crippen molar-refractivity contribution in [3.05, 3.63) is 57.9 Å². The fourth-order valence-corrected chi connectivity index (χ4v) is 4.19. The predicted octanol–water partition coefficient (Wildman–Crippen LogP) is 4.42. The molecular formula is C21H19N5O2S. The molecule has 146 valence electrons. The van der Waals surface area contributed by atoms with Crippen molar-refractivity contribution in [1.29, 1.82) is 0 Å². The molecule has 1 amide bonds. The summed E-state index contributed by atoms with van der Waals surface area (Å²) in [7, 11) is 0. The monoisotopic (exact) mass is 405 g/mol. The van der Waals surface area contributed by atoms with Gasteiger partial charge in [0.2, 0.25) is 0 Å². The van der Waals surface area contributed by atoms with Crippen LogP contribution in [0.25, 0.3) is 22.4 Å². The van der Waals surface area contributed by atoms with E-state index in [9.17, 15) is 4.79 Å². The van der Waals surface area contributed by atoms with E-state index in [1.54, 1.807) is 12.4 Å². The average molecular weight is 405 g/mol. The van der Waals surface area contributed by atoms with Crippen molar-refractivity contribution in [3.8, 4) is 11.3 Å². The highest BCUT2D eigenvalue weighted by molar-refractivity contribution is 7.10. The minimum Gasteiger partial charge on any atom is -0.343 e. The van der Waals surface area contributed by atoms with Crippen LogP contribution in [0, 0.1) is 6.92 Å². The first-order valence-corrected chi connectivity index (χ1v) is 10.4. The third-order valence-corrected chi connectivity index (χ3v) is 6.12. The number of carbonyl (C=O) groups excluding carboxylic acids is 1. The summed E-state index contributed by atoms with van der Waals surface area (Å²) in [4.78, 5) is 26.4. The number of hydrogen-bond acceptors (Lipinski definition) is 7. The zero-order valence-electron chi connectivity index (χ0n) is 16.0. The van der Waals surface area contributed by atoms with Crippen LogP contribution in [0.5, 0.6) is 0 Å². The second-order valence-corrected chi connectivity index (χ2v) is 8.21. The van der Waals surface area contributed by atoms with E-state index in [1.165, 1.54) is 11.3 Å². The first-order valence-electron chi connectivity index (χ1n) is 9.53. The Morgan fingerprint density at radius 3 is 2.83 bits per heavy atom. The number of amides is 1. The van der Waals surface area contributed by atoms with Crippen molar-refractivity contribution in [2.75, 3.05) is 0 Å². The van der Waals surface area contributed by atoms with Crippen LogP contribution in [0.15, 0.2) is 40.5 Å². The lowest BCUT2D eigenvalue weighted by Gasteiger charge is -2.12. The summed E-state index contributed by atoms with van der Waals surface area (Å²) in [6.07, 6.45) is 5.68. The number of nitrogens with zero attached hydrogens (tertiary/aromatic N) is 4. The Hall–Kier alpha value is -3.13. The lowest BCUT2D eigenvalue weighted by molar-refractivity contribution is 0.0941. The molecule has 4 aromatic rings. The molecule has 1 N–H and O–H groups in total. The average Bonchev–Trinajstić information content (AvgIpc) is 3.35. The Balaban J connectivity index is 1.42. The smallest absolute Gasteiger partial charge is 0.259 e. The summed E-state index contributed by atoms with van der Waals surface area (Å²) in [5, 5.41) is 10.6. The summed E-state index contributed by atoms with van der Waals surface area (Å²) in [6.45, 7) is 3.76. The molecule has 4 aromatic heterocycles. The van der Waals surface area contributed by atoms with E-state index in [-0.39, 0.29) is 11.9 Å². The van der Waals surface area contributed by atoms with E-state index in [0.29, 0.717) is 28.3 Å². The van der Waals surface area contributed by atoms with Crippen LogP contribution in [0.1, 0.15) is 58.5 Å². The van der Waals surface area contributed by atoms with Gasteiger partial charge < -0.3 is 9.84 Å². The quantitative estimate of drug-likeness (QED) is 0.528. The van der Waals surface area contributed by atoms with Crippen LogP contribution in [0.2, 0.25) is 0 Å². The molecule has 1 fully saturated rings. The van der Waals surface area contributed by atoms with Gasteiger partial charge in [0.15, 0.2) is 0 Å². The molecule has 1 atom stereocenters. The molecule has 4 heterocycles. The highest BCUT2D eigenvalue weighted by Gasteiger charge is 2.29. The van der Waals surface area contributed by atoms with Gasteiger partial charge in [0.05, 0.1) is 28.4 Å². The topological polar surface area (TPSA) is 93.8 Å². The number of nitrogens with one attached hydrogen (secondary N) is 1. The number of rotatable bonds is 5. The molecule has 1 aliphatic carbocycles. The molecule has 1 saturated carbocycles. The van der Waals surface area contributed by atoms with Gasteiger partial charge in [-0.3, -0.25) is 9.78 Å². The van der Waals surface area contributed by atoms with Gasteiger partial charge in [0.1, 0.15) is 5.01 Å². The minimum atomic E-state index is -0.226.